The normalized spacial score (nSPS) is 15.7. The van der Waals surface area contributed by atoms with Gasteiger partial charge in [0.1, 0.15) is 47.4 Å². The number of ether oxygens (including phenoxy) is 4. The van der Waals surface area contributed by atoms with Crippen molar-refractivity contribution in [3.05, 3.63) is 261 Å². The van der Waals surface area contributed by atoms with Crippen LogP contribution in [-0.2, 0) is 70.7 Å². The Bertz CT molecular complexity index is 4290. The standard InChI is InChI=1S/C25H35NO5Si.C25H34O5SSi.C16H13BrO2.C16H14O2.C9H23NO3Si.C9H22O3SSi/c1-4-28-32(29-5-2,30-6-3)17-9-16-26-19-20-12-14-21(15-13-20)25-18-23(27)22-10-7-8-11-24(22)31-25;1-4-27-32(28-5-2,29-6-3)17-9-16-31-19-20-12-14-21(15-13-20)25-18-23(26)22-10-7-8-11-24(22)30-25;17-10-11-5-7-12(8-6-11)16-9-14(18)13-3-1-2-4-15(13)19-16;1-11-6-8-12(9-7-11)16-10-14(17)13-4-2-3-5-15(13)18-16;1-4-11-14(12-5-2,13-6-3)9-7-8-10;1-4-10-14(11-5-2,12-6-3)9-7-8-13/h7-8,10-15,25-26H,4-6,9,16-19H2,1-3H3;7-8,10-15,25H,4-6,9,16-19H2,1-3H3;1-8,16H,9-10H2;2-9,16H,10H2,1H3;4-10H2,1-3H3;13H,4-9H2,1-3H3. The van der Waals surface area contributed by atoms with Gasteiger partial charge in [-0.1, -0.05) is 167 Å². The molecule has 4 heterocycles. The number of aryl methyl sites for hydroxylation is 1. The largest absolute Gasteiger partial charge is 0.500 e. The number of nitrogens with one attached hydrogen (secondary N) is 1. The summed E-state index contributed by atoms with van der Waals surface area (Å²) in [7, 11) is -9.86. The minimum absolute atomic E-state index is 0.133. The number of halogens is 1. The van der Waals surface area contributed by atoms with Gasteiger partial charge in [0.25, 0.3) is 0 Å². The Hall–Kier alpha value is -6.87. The van der Waals surface area contributed by atoms with Crippen molar-refractivity contribution in [2.45, 2.75) is 208 Å². The highest BCUT2D eigenvalue weighted by Crippen LogP contribution is 2.40. The van der Waals surface area contributed by atoms with Crippen LogP contribution >= 0.6 is 40.3 Å². The maximum absolute atomic E-state index is 12.4. The molecule has 8 aromatic rings. The topological polar surface area (TPSA) is 254 Å². The number of ketones is 4. The van der Waals surface area contributed by atoms with Crippen LogP contribution in [0.4, 0.5) is 0 Å². The first-order valence-electron chi connectivity index (χ1n) is 46.0. The molecule has 8 aromatic carbocycles. The SMILES string of the molecule is CCO[Si](CCCN)(OCC)OCC.CCO[Si](CCCNCc1ccc(C2CC(=O)c3ccccc3O2)cc1)(OCC)OCC.CCO[Si](CCCS)(OCC)OCC.CCO[Si](CCCSCc1ccc(C2CC(=O)c3ccccc3O2)cc1)(OCC)OCC.Cc1ccc(C2CC(=O)c3ccccc3O2)cc1.O=C1CC(c2ccc(CBr)cc2)Oc2ccccc21. The molecule has 0 amide bonds. The molecule has 706 valence electrons. The maximum Gasteiger partial charge on any atom is 0.500 e. The van der Waals surface area contributed by atoms with Crippen molar-refractivity contribution in [1.29, 1.82) is 0 Å². The van der Waals surface area contributed by atoms with E-state index in [0.29, 0.717) is 157 Å². The fraction of sp³-hybridized carbons (Fsp3) is 0.480. The van der Waals surface area contributed by atoms with E-state index in [2.05, 4.69) is 94.5 Å². The second-order valence-electron chi connectivity index (χ2n) is 30.3. The lowest BCUT2D eigenvalue weighted by molar-refractivity contribution is 0.0701. The molecule has 4 aliphatic rings. The number of alkyl halides is 1. The first-order valence-corrected chi connectivity index (χ1v) is 56.7. The van der Waals surface area contributed by atoms with Crippen LogP contribution in [0.15, 0.2) is 194 Å². The summed E-state index contributed by atoms with van der Waals surface area (Å²) in [5.41, 5.74) is 17.3. The van der Waals surface area contributed by atoms with E-state index < -0.39 is 35.2 Å². The summed E-state index contributed by atoms with van der Waals surface area (Å²) in [6, 6.07) is 66.2. The number of fused-ring (bicyclic) bond motifs is 4. The molecule has 12 rings (SSSR count). The fourth-order valence-corrected chi connectivity index (χ4v) is 27.5. The number of thiol groups is 1. The number of nitrogens with two attached hydrogens (primary N) is 1. The van der Waals surface area contributed by atoms with Crippen molar-refractivity contribution in [2.24, 2.45) is 5.73 Å². The number of benzene rings is 8. The summed E-state index contributed by atoms with van der Waals surface area (Å²) in [6.45, 7) is 35.6. The number of hydrogen-bond acceptors (Lipinski definition) is 24. The van der Waals surface area contributed by atoms with Gasteiger partial charge in [0.2, 0.25) is 0 Å². The number of Topliss-reactive ketones (excluding diaryl/α,β-unsaturated/α-hetero) is 4. The number of carbonyl (C=O) groups excluding carboxylic acids is 4. The summed E-state index contributed by atoms with van der Waals surface area (Å²) in [4.78, 5) is 49.0. The van der Waals surface area contributed by atoms with Crippen LogP contribution in [0, 0.1) is 6.92 Å². The third-order valence-corrected chi connectivity index (χ3v) is 35.6. The van der Waals surface area contributed by atoms with Gasteiger partial charge in [-0.25, -0.2) is 0 Å². The smallest absolute Gasteiger partial charge is 0.484 e. The molecule has 22 nitrogen and oxygen atoms in total. The number of rotatable bonds is 47. The highest BCUT2D eigenvalue weighted by molar-refractivity contribution is 9.08. The predicted molar refractivity (Wildman–Crippen MR) is 529 cm³/mol. The number of carbonyl (C=O) groups is 4. The zero-order valence-corrected chi connectivity index (χ0v) is 85.5. The van der Waals surface area contributed by atoms with Gasteiger partial charge >= 0.3 is 35.2 Å². The van der Waals surface area contributed by atoms with Gasteiger partial charge in [-0.15, -0.1) is 0 Å². The van der Waals surface area contributed by atoms with Gasteiger partial charge in [0.15, 0.2) is 23.1 Å². The van der Waals surface area contributed by atoms with E-state index in [0.717, 1.165) is 108 Å². The molecule has 0 saturated heterocycles. The van der Waals surface area contributed by atoms with E-state index >= 15 is 0 Å². The molecular formula is C100H141BrN2O20S2Si4. The minimum atomic E-state index is -2.56. The van der Waals surface area contributed by atoms with Crippen LogP contribution in [0.2, 0.25) is 24.2 Å². The van der Waals surface area contributed by atoms with E-state index in [9.17, 15) is 19.2 Å². The van der Waals surface area contributed by atoms with Crippen LogP contribution < -0.4 is 30.0 Å². The fourth-order valence-electron chi connectivity index (χ4n) is 15.0. The summed E-state index contributed by atoms with van der Waals surface area (Å²) >= 11 is 9.52. The summed E-state index contributed by atoms with van der Waals surface area (Å²) in [5, 5.41) is 4.32. The number of para-hydroxylation sites is 4. The molecule has 4 unspecified atom stereocenters. The minimum Gasteiger partial charge on any atom is -0.484 e. The lowest BCUT2D eigenvalue weighted by Gasteiger charge is -2.28. The molecule has 0 fully saturated rings. The quantitative estimate of drug-likeness (QED) is 0.0139. The van der Waals surface area contributed by atoms with Crippen LogP contribution in [0.25, 0.3) is 0 Å². The van der Waals surface area contributed by atoms with Crippen molar-refractivity contribution >= 4 is 98.7 Å². The molecule has 0 radical (unpaired) electrons. The summed E-state index contributed by atoms with van der Waals surface area (Å²) < 4.78 is 93.4. The summed E-state index contributed by atoms with van der Waals surface area (Å²) in [6.07, 6.45) is 4.62. The summed E-state index contributed by atoms with van der Waals surface area (Å²) in [5.74, 6) is 6.13. The molecule has 0 spiro atoms. The van der Waals surface area contributed by atoms with Crippen LogP contribution in [0.5, 0.6) is 23.0 Å². The van der Waals surface area contributed by atoms with E-state index in [4.69, 9.17) is 77.8 Å². The Morgan fingerprint density at radius 3 is 0.907 bits per heavy atom. The molecule has 129 heavy (non-hydrogen) atoms. The second kappa shape index (κ2) is 60.4. The van der Waals surface area contributed by atoms with Crippen molar-refractivity contribution in [2.75, 3.05) is 104 Å². The van der Waals surface area contributed by atoms with E-state index in [-0.39, 0.29) is 47.5 Å². The Morgan fingerprint density at radius 2 is 0.620 bits per heavy atom. The average Bonchev–Trinajstić information content (AvgIpc) is 0.812. The molecule has 0 saturated carbocycles. The van der Waals surface area contributed by atoms with Gasteiger partial charge in [-0.3, -0.25) is 19.2 Å². The van der Waals surface area contributed by atoms with Crippen LogP contribution in [-0.4, -0.2) is 162 Å². The lowest BCUT2D eigenvalue weighted by atomic mass is 9.96. The molecular weight excluding hydrogens is 1810 g/mol. The van der Waals surface area contributed by atoms with Gasteiger partial charge in [0.05, 0.1) is 47.9 Å². The van der Waals surface area contributed by atoms with Crippen molar-refractivity contribution in [1.82, 2.24) is 5.32 Å². The van der Waals surface area contributed by atoms with Gasteiger partial charge in [-0.2, -0.15) is 24.4 Å². The van der Waals surface area contributed by atoms with Crippen molar-refractivity contribution < 1.29 is 91.2 Å². The highest BCUT2D eigenvalue weighted by atomic mass is 79.9. The third-order valence-electron chi connectivity index (χ3n) is 20.9. The second-order valence-corrected chi connectivity index (χ2v) is 43.3. The first-order chi connectivity index (χ1) is 62.7. The maximum atomic E-state index is 12.4. The van der Waals surface area contributed by atoms with Gasteiger partial charge in [-0.05, 0) is 228 Å². The molecule has 4 aliphatic heterocycles. The molecule has 29 heteroatoms. The molecule has 4 atom stereocenters. The Labute approximate surface area is 790 Å². The van der Waals surface area contributed by atoms with Crippen molar-refractivity contribution in [3.8, 4) is 23.0 Å². The molecule has 0 aromatic heterocycles. The number of hydrogen-bond donors (Lipinski definition) is 3. The first kappa shape index (κ1) is 109. The van der Waals surface area contributed by atoms with E-state index in [1.807, 2.05) is 235 Å². The number of thioether (sulfide) groups is 1. The van der Waals surface area contributed by atoms with Crippen LogP contribution in [0.3, 0.4) is 0 Å². The average molecular weight is 1950 g/mol. The Kier molecular flexibility index (Phi) is 51.1. The highest BCUT2D eigenvalue weighted by Gasteiger charge is 2.43. The van der Waals surface area contributed by atoms with Crippen LogP contribution in [0.1, 0.15) is 245 Å². The zero-order chi connectivity index (χ0) is 93.1. The molecule has 0 aliphatic carbocycles. The van der Waals surface area contributed by atoms with Gasteiger partial charge in [0, 0.05) is 121 Å². The third kappa shape index (κ3) is 35.8. The van der Waals surface area contributed by atoms with Crippen molar-refractivity contribution in [3.63, 3.8) is 0 Å². The Morgan fingerprint density at radius 1 is 0.357 bits per heavy atom. The Balaban J connectivity index is 0.000000219. The predicted octanol–water partition coefficient (Wildman–Crippen LogP) is 22.7. The molecule has 0 bridgehead atoms. The lowest BCUT2D eigenvalue weighted by Crippen LogP contribution is -2.46. The van der Waals surface area contributed by atoms with E-state index in [1.165, 1.54) is 22.3 Å². The zero-order valence-electron chi connectivity index (χ0n) is 78.2. The van der Waals surface area contributed by atoms with Gasteiger partial charge < -0.3 is 83.1 Å². The molecule has 3 N–H and O–H groups in total. The van der Waals surface area contributed by atoms with E-state index in [1.54, 1.807) is 0 Å². The monoisotopic (exact) mass is 1940 g/mol.